The summed E-state index contributed by atoms with van der Waals surface area (Å²) in [6.45, 7) is 13.5. The average molecular weight is 414 g/mol. The highest BCUT2D eigenvalue weighted by molar-refractivity contribution is 6.76. The highest BCUT2D eigenvalue weighted by Gasteiger charge is 2.60. The molecule has 7 heteroatoms. The molecule has 0 aromatic heterocycles. The van der Waals surface area contributed by atoms with Gasteiger partial charge in [-0.3, -0.25) is 9.63 Å². The fourth-order valence-corrected chi connectivity index (χ4v) is 6.76. The normalized spacial score (nSPS) is 36.0. The van der Waals surface area contributed by atoms with Gasteiger partial charge in [-0.1, -0.05) is 46.0 Å². The molecule has 0 amide bonds. The Morgan fingerprint density at radius 3 is 2.54 bits per heavy atom. The van der Waals surface area contributed by atoms with Gasteiger partial charge in [-0.2, -0.15) is 5.06 Å². The lowest BCUT2D eigenvalue weighted by Crippen LogP contribution is -2.53. The second-order valence-corrected chi connectivity index (χ2v) is 15.4. The number of unbranched alkanes of at least 4 members (excludes halogenated alkanes) is 1. The van der Waals surface area contributed by atoms with Crippen LogP contribution in [0.5, 0.6) is 0 Å². The van der Waals surface area contributed by atoms with Gasteiger partial charge in [-0.25, -0.2) is 0 Å². The monoisotopic (exact) mass is 413 g/mol. The molecule has 0 aromatic rings. The van der Waals surface area contributed by atoms with E-state index in [-0.39, 0.29) is 36.4 Å². The van der Waals surface area contributed by atoms with Crippen molar-refractivity contribution in [2.45, 2.75) is 96.1 Å². The van der Waals surface area contributed by atoms with Crippen molar-refractivity contribution in [3.8, 4) is 0 Å². The van der Waals surface area contributed by atoms with Crippen molar-refractivity contribution in [3.05, 3.63) is 0 Å². The minimum Gasteiger partial charge on any atom is -0.464 e. The van der Waals surface area contributed by atoms with E-state index < -0.39 is 8.07 Å². The first-order valence-corrected chi connectivity index (χ1v) is 14.9. The van der Waals surface area contributed by atoms with Crippen LogP contribution in [0.25, 0.3) is 0 Å². The largest absolute Gasteiger partial charge is 0.464 e. The number of rotatable bonds is 9. The summed E-state index contributed by atoms with van der Waals surface area (Å²) in [5.41, 5.74) is 0. The Hall–Kier alpha value is -0.473. The van der Waals surface area contributed by atoms with Crippen LogP contribution < -0.4 is 0 Å². The molecule has 0 saturated carbocycles. The van der Waals surface area contributed by atoms with Gasteiger partial charge in [0, 0.05) is 26.0 Å². The third-order valence-electron chi connectivity index (χ3n) is 6.22. The lowest BCUT2D eigenvalue weighted by atomic mass is 9.79. The number of carbonyl (C=O) groups is 1. The third kappa shape index (κ3) is 5.16. The molecule has 162 valence electrons. The van der Waals surface area contributed by atoms with Gasteiger partial charge >= 0.3 is 5.97 Å². The highest BCUT2D eigenvalue weighted by Crippen LogP contribution is 2.48. The van der Waals surface area contributed by atoms with Gasteiger partial charge in [0.25, 0.3) is 0 Å². The summed E-state index contributed by atoms with van der Waals surface area (Å²) >= 11 is 0. The zero-order chi connectivity index (χ0) is 20.3. The number of esters is 1. The Labute approximate surface area is 171 Å². The van der Waals surface area contributed by atoms with Crippen LogP contribution in [-0.4, -0.2) is 63.4 Å². The van der Waals surface area contributed by atoms with Crippen molar-refractivity contribution in [2.75, 3.05) is 19.8 Å². The summed E-state index contributed by atoms with van der Waals surface area (Å²) in [7, 11) is -1.34. The summed E-state index contributed by atoms with van der Waals surface area (Å²) in [6, 6.07) is 1.05. The number of ether oxygens (including phenoxy) is 3. The highest BCUT2D eigenvalue weighted by atomic mass is 28.3. The summed E-state index contributed by atoms with van der Waals surface area (Å²) in [5.74, 6) is 0.556. The summed E-state index contributed by atoms with van der Waals surface area (Å²) in [4.78, 5) is 19.3. The van der Waals surface area contributed by atoms with Crippen LogP contribution in [0.1, 0.15) is 46.0 Å². The van der Waals surface area contributed by atoms with E-state index in [1.54, 1.807) is 0 Å². The van der Waals surface area contributed by atoms with E-state index in [2.05, 4.69) is 33.5 Å². The van der Waals surface area contributed by atoms with Crippen LogP contribution in [0.3, 0.4) is 0 Å². The minimum atomic E-state index is -1.34. The van der Waals surface area contributed by atoms with Crippen LogP contribution in [0.15, 0.2) is 0 Å². The maximum atomic E-state index is 13.0. The Morgan fingerprint density at radius 2 is 1.89 bits per heavy atom. The Bertz CT molecular complexity index is 519. The van der Waals surface area contributed by atoms with Crippen molar-refractivity contribution < 1.29 is 23.8 Å². The van der Waals surface area contributed by atoms with E-state index in [1.165, 1.54) is 0 Å². The maximum absolute atomic E-state index is 13.0. The first kappa shape index (κ1) is 22.2. The number of fused-ring (bicyclic) bond motifs is 2. The van der Waals surface area contributed by atoms with Crippen molar-refractivity contribution >= 4 is 14.0 Å². The summed E-state index contributed by atoms with van der Waals surface area (Å²) < 4.78 is 17.1. The van der Waals surface area contributed by atoms with Gasteiger partial charge in [0.2, 0.25) is 0 Å². The Kier molecular flexibility index (Phi) is 7.58. The SMILES string of the molecule is CCCCOC(=O)[C@@H]1[C@@H](C[Si](C)(C)C)[C@H]2ON1[C@H](CCC1OCCCO1)[C@H]2C. The number of hydrogen-bond donors (Lipinski definition) is 0. The summed E-state index contributed by atoms with van der Waals surface area (Å²) in [5, 5.41) is 2.00. The van der Waals surface area contributed by atoms with Crippen LogP contribution in [0.2, 0.25) is 25.7 Å². The molecule has 0 radical (unpaired) electrons. The van der Waals surface area contributed by atoms with Crippen LogP contribution in [0.4, 0.5) is 0 Å². The molecule has 3 saturated heterocycles. The molecule has 28 heavy (non-hydrogen) atoms. The number of hydroxylamine groups is 2. The van der Waals surface area contributed by atoms with E-state index >= 15 is 0 Å². The van der Waals surface area contributed by atoms with E-state index in [9.17, 15) is 4.79 Å². The zero-order valence-electron chi connectivity index (χ0n) is 18.3. The standard InChI is InChI=1S/C21H39NO5Si/c1-6-7-11-26-21(23)19-16(14-28(3,4)5)20-15(2)17(22(19)27-20)9-10-18-24-12-8-13-25-18/h15-20H,6-14H2,1-5H3/t15-,16-,17-,19+,20+/m1/s1. The van der Waals surface area contributed by atoms with Crippen molar-refractivity contribution in [3.63, 3.8) is 0 Å². The van der Waals surface area contributed by atoms with Gasteiger partial charge in [0.1, 0.15) is 6.04 Å². The molecule has 2 bridgehead atoms. The molecule has 3 fully saturated rings. The molecule has 6 nitrogen and oxygen atoms in total. The van der Waals surface area contributed by atoms with Crippen molar-refractivity contribution in [2.24, 2.45) is 11.8 Å². The lowest BCUT2D eigenvalue weighted by Gasteiger charge is -2.38. The van der Waals surface area contributed by atoms with E-state index in [1.807, 2.05) is 5.06 Å². The molecule has 0 spiro atoms. The fourth-order valence-electron chi connectivity index (χ4n) is 4.89. The first-order valence-electron chi connectivity index (χ1n) is 11.2. The quantitative estimate of drug-likeness (QED) is 0.325. The number of piperidine rings is 1. The predicted octanol–water partition coefficient (Wildman–Crippen LogP) is 3.83. The zero-order valence-corrected chi connectivity index (χ0v) is 19.3. The Balaban J connectivity index is 1.67. The van der Waals surface area contributed by atoms with Gasteiger partial charge < -0.3 is 14.2 Å². The molecule has 3 rings (SSSR count). The Morgan fingerprint density at radius 1 is 1.18 bits per heavy atom. The second-order valence-electron chi connectivity index (χ2n) is 9.85. The van der Waals surface area contributed by atoms with Gasteiger partial charge in [0.15, 0.2) is 6.29 Å². The molecule has 3 aliphatic rings. The average Bonchev–Trinajstić information content (AvgIpc) is 3.15. The van der Waals surface area contributed by atoms with E-state index in [4.69, 9.17) is 19.0 Å². The van der Waals surface area contributed by atoms with Crippen LogP contribution >= 0.6 is 0 Å². The molecule has 0 N–H and O–H groups in total. The third-order valence-corrected chi connectivity index (χ3v) is 7.92. The molecular formula is C21H39NO5Si. The molecule has 1 unspecified atom stereocenters. The van der Waals surface area contributed by atoms with E-state index in [0.717, 1.165) is 51.4 Å². The number of nitrogens with zero attached hydrogens (tertiary/aromatic N) is 1. The van der Waals surface area contributed by atoms with Crippen LogP contribution in [-0.2, 0) is 23.8 Å². The predicted molar refractivity (Wildman–Crippen MR) is 111 cm³/mol. The van der Waals surface area contributed by atoms with Crippen molar-refractivity contribution in [1.29, 1.82) is 0 Å². The molecule has 0 aromatic carbocycles. The molecule has 6 atom stereocenters. The van der Waals surface area contributed by atoms with Gasteiger partial charge in [-0.05, 0) is 25.7 Å². The molecule has 0 aliphatic carbocycles. The first-order chi connectivity index (χ1) is 13.3. The fraction of sp³-hybridized carbons (Fsp3) is 0.952. The van der Waals surface area contributed by atoms with Gasteiger partial charge in [-0.15, -0.1) is 0 Å². The van der Waals surface area contributed by atoms with E-state index in [0.29, 0.717) is 12.5 Å². The number of carbonyl (C=O) groups excluding carboxylic acids is 1. The smallest absolute Gasteiger partial charge is 0.326 e. The topological polar surface area (TPSA) is 57.2 Å². The van der Waals surface area contributed by atoms with Crippen LogP contribution in [0, 0.1) is 11.8 Å². The molecular weight excluding hydrogens is 374 g/mol. The number of hydrogen-bond acceptors (Lipinski definition) is 6. The summed E-state index contributed by atoms with van der Waals surface area (Å²) in [6.07, 6.45) is 4.68. The van der Waals surface area contributed by atoms with Gasteiger partial charge in [0.05, 0.1) is 25.9 Å². The second kappa shape index (κ2) is 9.56. The maximum Gasteiger partial charge on any atom is 0.326 e. The minimum absolute atomic E-state index is 0.0960. The molecule has 3 heterocycles. The lowest BCUT2D eigenvalue weighted by molar-refractivity contribution is -0.190. The van der Waals surface area contributed by atoms with Crippen molar-refractivity contribution in [1.82, 2.24) is 5.06 Å². The molecule has 3 aliphatic heterocycles.